The Morgan fingerprint density at radius 1 is 1.12 bits per heavy atom. The normalized spacial score (nSPS) is 12.8. The molecule has 3 nitrogen and oxygen atoms in total. The van der Waals surface area contributed by atoms with Crippen molar-refractivity contribution in [2.45, 2.75) is 72.0 Å². The summed E-state index contributed by atoms with van der Waals surface area (Å²) in [5.41, 5.74) is 0. The number of hydrogen-bond donors (Lipinski definition) is 0. The lowest BCUT2D eigenvalue weighted by molar-refractivity contribution is -0.151. The summed E-state index contributed by atoms with van der Waals surface area (Å²) in [6.07, 6.45) is 5.33. The van der Waals surface area contributed by atoms with Crippen molar-refractivity contribution in [1.29, 1.82) is 0 Å². The topological polar surface area (TPSA) is 35.5 Å². The van der Waals surface area contributed by atoms with E-state index in [2.05, 4.69) is 20.8 Å². The van der Waals surface area contributed by atoms with Crippen molar-refractivity contribution in [1.82, 2.24) is 0 Å². The monoisotopic (exact) mass is 230 g/mol. The number of esters is 1. The highest BCUT2D eigenvalue weighted by Gasteiger charge is 2.14. The van der Waals surface area contributed by atoms with Gasteiger partial charge in [0.2, 0.25) is 0 Å². The van der Waals surface area contributed by atoms with Crippen LogP contribution in [0.3, 0.4) is 0 Å². The van der Waals surface area contributed by atoms with Crippen LogP contribution in [0, 0.1) is 0 Å². The molecule has 0 aromatic carbocycles. The molecule has 0 saturated carbocycles. The smallest absolute Gasteiger partial charge is 0.302 e. The van der Waals surface area contributed by atoms with Gasteiger partial charge in [-0.3, -0.25) is 4.79 Å². The van der Waals surface area contributed by atoms with Gasteiger partial charge in [0.05, 0.1) is 12.7 Å². The molecule has 0 rings (SSSR count). The number of carbonyl (C=O) groups excluding carboxylic acids is 1. The summed E-state index contributed by atoms with van der Waals surface area (Å²) in [5.74, 6) is -0.214. The largest absolute Gasteiger partial charge is 0.460 e. The highest BCUT2D eigenvalue weighted by atomic mass is 16.6. The van der Waals surface area contributed by atoms with E-state index in [1.165, 1.54) is 6.92 Å². The Morgan fingerprint density at radius 3 is 2.19 bits per heavy atom. The maximum atomic E-state index is 10.9. The molecular formula is C13H26O3. The molecule has 0 saturated heterocycles. The molecule has 0 heterocycles. The lowest BCUT2D eigenvalue weighted by atomic mass is 10.1. The predicted molar refractivity (Wildman–Crippen MR) is 65.4 cm³/mol. The van der Waals surface area contributed by atoms with Gasteiger partial charge in [0.1, 0.15) is 6.10 Å². The maximum absolute atomic E-state index is 10.9. The fourth-order valence-electron chi connectivity index (χ4n) is 1.61. The van der Waals surface area contributed by atoms with E-state index in [0.717, 1.165) is 32.1 Å². The summed E-state index contributed by atoms with van der Waals surface area (Å²) in [4.78, 5) is 10.9. The Labute approximate surface area is 99.5 Å². The van der Waals surface area contributed by atoms with Gasteiger partial charge in [-0.15, -0.1) is 0 Å². The van der Waals surface area contributed by atoms with Crippen molar-refractivity contribution in [2.75, 3.05) is 6.61 Å². The van der Waals surface area contributed by atoms with Gasteiger partial charge in [-0.05, 0) is 25.7 Å². The standard InChI is InChI=1S/C13H26O3/c1-5-8-9-13(16-11(4)14)10-15-12(6-2)7-3/h12-13H,5-10H2,1-4H3. The Morgan fingerprint density at radius 2 is 1.75 bits per heavy atom. The minimum atomic E-state index is -0.214. The molecule has 0 aliphatic rings. The SMILES string of the molecule is CCCCC(COC(CC)CC)OC(C)=O. The van der Waals surface area contributed by atoms with Crippen LogP contribution < -0.4 is 0 Å². The minimum absolute atomic E-state index is 0.0713. The zero-order valence-electron chi connectivity index (χ0n) is 11.1. The number of hydrogen-bond acceptors (Lipinski definition) is 3. The molecule has 96 valence electrons. The molecule has 3 heteroatoms. The van der Waals surface area contributed by atoms with Crippen LogP contribution in [0.15, 0.2) is 0 Å². The van der Waals surface area contributed by atoms with E-state index in [0.29, 0.717) is 12.7 Å². The fraction of sp³-hybridized carbons (Fsp3) is 0.923. The van der Waals surface area contributed by atoms with Crippen molar-refractivity contribution in [3.05, 3.63) is 0 Å². The number of ether oxygens (including phenoxy) is 2. The lowest BCUT2D eigenvalue weighted by Crippen LogP contribution is -2.25. The van der Waals surface area contributed by atoms with E-state index >= 15 is 0 Å². The third-order valence-electron chi connectivity index (χ3n) is 2.64. The molecule has 0 fully saturated rings. The van der Waals surface area contributed by atoms with Crippen molar-refractivity contribution in [3.63, 3.8) is 0 Å². The lowest BCUT2D eigenvalue weighted by Gasteiger charge is -2.20. The first-order valence-electron chi connectivity index (χ1n) is 6.42. The van der Waals surface area contributed by atoms with E-state index in [4.69, 9.17) is 9.47 Å². The zero-order valence-corrected chi connectivity index (χ0v) is 11.1. The van der Waals surface area contributed by atoms with Crippen LogP contribution in [0.25, 0.3) is 0 Å². The van der Waals surface area contributed by atoms with Crippen molar-refractivity contribution >= 4 is 5.97 Å². The van der Waals surface area contributed by atoms with Gasteiger partial charge >= 0.3 is 5.97 Å². The number of unbranched alkanes of at least 4 members (excludes halogenated alkanes) is 1. The molecule has 0 aliphatic heterocycles. The van der Waals surface area contributed by atoms with Crippen LogP contribution in [-0.4, -0.2) is 24.8 Å². The Balaban J connectivity index is 3.93. The molecular weight excluding hydrogens is 204 g/mol. The Kier molecular flexibility index (Phi) is 9.30. The van der Waals surface area contributed by atoms with Gasteiger partial charge in [0, 0.05) is 6.92 Å². The van der Waals surface area contributed by atoms with Gasteiger partial charge in [0.25, 0.3) is 0 Å². The second-order valence-corrected chi connectivity index (χ2v) is 4.15. The van der Waals surface area contributed by atoms with Crippen LogP contribution in [-0.2, 0) is 14.3 Å². The molecule has 0 aliphatic carbocycles. The van der Waals surface area contributed by atoms with Gasteiger partial charge in [0.15, 0.2) is 0 Å². The molecule has 0 aromatic heterocycles. The highest BCUT2D eigenvalue weighted by molar-refractivity contribution is 5.66. The quantitative estimate of drug-likeness (QED) is 0.570. The van der Waals surface area contributed by atoms with Crippen molar-refractivity contribution in [2.24, 2.45) is 0 Å². The third-order valence-corrected chi connectivity index (χ3v) is 2.64. The first kappa shape index (κ1) is 15.4. The summed E-state index contributed by atoms with van der Waals surface area (Å²) < 4.78 is 11.0. The first-order valence-corrected chi connectivity index (χ1v) is 6.42. The number of rotatable bonds is 9. The molecule has 1 atom stereocenters. The van der Waals surface area contributed by atoms with Crippen molar-refractivity contribution in [3.8, 4) is 0 Å². The van der Waals surface area contributed by atoms with Gasteiger partial charge in [-0.2, -0.15) is 0 Å². The molecule has 16 heavy (non-hydrogen) atoms. The van der Waals surface area contributed by atoms with E-state index in [1.807, 2.05) is 0 Å². The minimum Gasteiger partial charge on any atom is -0.460 e. The summed E-state index contributed by atoms with van der Waals surface area (Å²) in [5, 5.41) is 0. The average Bonchev–Trinajstić information content (AvgIpc) is 2.26. The van der Waals surface area contributed by atoms with E-state index in [1.54, 1.807) is 0 Å². The van der Waals surface area contributed by atoms with Crippen LogP contribution in [0.2, 0.25) is 0 Å². The van der Waals surface area contributed by atoms with Crippen molar-refractivity contribution < 1.29 is 14.3 Å². The van der Waals surface area contributed by atoms with Crippen LogP contribution in [0.4, 0.5) is 0 Å². The van der Waals surface area contributed by atoms with Gasteiger partial charge in [-0.1, -0.05) is 27.2 Å². The molecule has 0 radical (unpaired) electrons. The third kappa shape index (κ3) is 7.69. The van der Waals surface area contributed by atoms with Crippen LogP contribution in [0.5, 0.6) is 0 Å². The zero-order chi connectivity index (χ0) is 12.4. The van der Waals surface area contributed by atoms with Crippen LogP contribution >= 0.6 is 0 Å². The van der Waals surface area contributed by atoms with Gasteiger partial charge in [-0.25, -0.2) is 0 Å². The average molecular weight is 230 g/mol. The molecule has 1 unspecified atom stereocenters. The maximum Gasteiger partial charge on any atom is 0.302 e. The predicted octanol–water partition coefficient (Wildman–Crippen LogP) is 3.31. The molecule has 0 N–H and O–H groups in total. The molecule has 0 amide bonds. The molecule has 0 spiro atoms. The Hall–Kier alpha value is -0.570. The van der Waals surface area contributed by atoms with Crippen LogP contribution in [0.1, 0.15) is 59.8 Å². The fourth-order valence-corrected chi connectivity index (χ4v) is 1.61. The summed E-state index contributed by atoms with van der Waals surface area (Å²) in [7, 11) is 0. The highest BCUT2D eigenvalue weighted by Crippen LogP contribution is 2.10. The van der Waals surface area contributed by atoms with E-state index in [9.17, 15) is 4.79 Å². The summed E-state index contributed by atoms with van der Waals surface area (Å²) >= 11 is 0. The molecule has 0 bridgehead atoms. The summed E-state index contributed by atoms with van der Waals surface area (Å²) in [6, 6.07) is 0. The second kappa shape index (κ2) is 9.64. The van der Waals surface area contributed by atoms with E-state index < -0.39 is 0 Å². The second-order valence-electron chi connectivity index (χ2n) is 4.15. The first-order chi connectivity index (χ1) is 7.63. The summed E-state index contributed by atoms with van der Waals surface area (Å²) in [6.45, 7) is 8.34. The Bertz CT molecular complexity index is 176. The number of carbonyl (C=O) groups is 1. The van der Waals surface area contributed by atoms with Gasteiger partial charge < -0.3 is 9.47 Å². The van der Waals surface area contributed by atoms with E-state index in [-0.39, 0.29) is 12.1 Å². The molecule has 0 aromatic rings.